The fraction of sp³-hybridized carbons (Fsp3) is 0.321. The van der Waals surface area contributed by atoms with Gasteiger partial charge >= 0.3 is 0 Å². The fourth-order valence-electron chi connectivity index (χ4n) is 5.20. The number of nitrogens with zero attached hydrogens (tertiary/aromatic N) is 4. The van der Waals surface area contributed by atoms with E-state index in [1.807, 2.05) is 17.5 Å². The van der Waals surface area contributed by atoms with Crippen molar-refractivity contribution < 1.29 is 9.53 Å². The third-order valence-electron chi connectivity index (χ3n) is 7.24. The SMILES string of the molecule is O=C(Nc1nccs1)c1nc(-c2ccc(N3CCC(N4CCOCC4)CC3)cc2)[nH]c1-c1ccc(Cl)cc1. The van der Waals surface area contributed by atoms with Crippen LogP contribution in [0, 0.1) is 0 Å². The Kier molecular flexibility index (Phi) is 7.42. The molecule has 2 aliphatic rings. The first kappa shape index (κ1) is 25.1. The average molecular weight is 549 g/mol. The number of ether oxygens (including phenoxy) is 1. The van der Waals surface area contributed by atoms with E-state index < -0.39 is 0 Å². The van der Waals surface area contributed by atoms with Crippen LogP contribution in [0.1, 0.15) is 23.3 Å². The van der Waals surface area contributed by atoms with E-state index in [4.69, 9.17) is 21.3 Å². The van der Waals surface area contributed by atoms with Crippen LogP contribution in [0.4, 0.5) is 10.8 Å². The summed E-state index contributed by atoms with van der Waals surface area (Å²) in [4.78, 5) is 30.4. The largest absolute Gasteiger partial charge is 0.379 e. The van der Waals surface area contributed by atoms with E-state index >= 15 is 0 Å². The molecule has 0 saturated carbocycles. The number of amides is 1. The molecule has 0 unspecified atom stereocenters. The molecule has 0 aliphatic carbocycles. The standard InChI is InChI=1S/C28H29ClN6O2S/c29-21-5-1-19(2-6-21)24-25(27(36)33-28-30-11-18-38-28)32-26(31-24)20-3-7-22(8-4-20)34-12-9-23(10-13-34)35-14-16-37-17-15-35/h1-8,11,18,23H,9-10,12-17H2,(H,31,32)(H,30,33,36). The zero-order chi connectivity index (χ0) is 25.9. The summed E-state index contributed by atoms with van der Waals surface area (Å²) in [7, 11) is 0. The van der Waals surface area contributed by atoms with E-state index in [9.17, 15) is 4.79 Å². The van der Waals surface area contributed by atoms with Crippen LogP contribution < -0.4 is 10.2 Å². The average Bonchev–Trinajstić information content (AvgIpc) is 3.65. The van der Waals surface area contributed by atoms with Gasteiger partial charge in [0, 0.05) is 65.6 Å². The number of H-pyrrole nitrogens is 1. The maximum absolute atomic E-state index is 13.1. The number of piperidine rings is 1. The number of anilines is 2. The van der Waals surface area contributed by atoms with E-state index in [0.29, 0.717) is 33.4 Å². The molecule has 2 N–H and O–H groups in total. The van der Waals surface area contributed by atoms with Gasteiger partial charge in [-0.25, -0.2) is 9.97 Å². The molecule has 10 heteroatoms. The lowest BCUT2D eigenvalue weighted by Crippen LogP contribution is -2.49. The number of carbonyl (C=O) groups is 1. The normalized spacial score (nSPS) is 17.0. The van der Waals surface area contributed by atoms with Gasteiger partial charge in [-0.1, -0.05) is 23.7 Å². The number of hydrogen-bond donors (Lipinski definition) is 2. The van der Waals surface area contributed by atoms with Gasteiger partial charge in [0.25, 0.3) is 5.91 Å². The number of benzene rings is 2. The Balaban J connectivity index is 1.20. The molecule has 2 aromatic carbocycles. The number of imidazole rings is 1. The lowest BCUT2D eigenvalue weighted by atomic mass is 10.0. The second kappa shape index (κ2) is 11.2. The summed E-state index contributed by atoms with van der Waals surface area (Å²) in [5, 5.41) is 5.83. The molecular weight excluding hydrogens is 520 g/mol. The van der Waals surface area contributed by atoms with Gasteiger partial charge in [0.2, 0.25) is 0 Å². The minimum Gasteiger partial charge on any atom is -0.379 e. The highest BCUT2D eigenvalue weighted by molar-refractivity contribution is 7.13. The zero-order valence-electron chi connectivity index (χ0n) is 20.9. The Bertz CT molecular complexity index is 1360. The molecule has 2 aliphatic heterocycles. The van der Waals surface area contributed by atoms with Gasteiger partial charge in [-0.3, -0.25) is 15.0 Å². The Labute approximate surface area is 230 Å². The Morgan fingerprint density at radius 3 is 2.39 bits per heavy atom. The fourth-order valence-corrected chi connectivity index (χ4v) is 5.85. The number of hydrogen-bond acceptors (Lipinski definition) is 7. The van der Waals surface area contributed by atoms with Crippen LogP contribution in [-0.2, 0) is 4.74 Å². The molecule has 8 nitrogen and oxygen atoms in total. The third kappa shape index (κ3) is 5.47. The second-order valence-corrected chi connectivity index (χ2v) is 10.9. The first-order valence-corrected chi connectivity index (χ1v) is 14.1. The van der Waals surface area contributed by atoms with Gasteiger partial charge in [0.15, 0.2) is 10.8 Å². The number of nitrogens with one attached hydrogen (secondary N) is 2. The molecule has 0 spiro atoms. The highest BCUT2D eigenvalue weighted by Crippen LogP contribution is 2.30. The molecule has 1 amide bonds. The molecule has 38 heavy (non-hydrogen) atoms. The molecule has 4 heterocycles. The second-order valence-electron chi connectivity index (χ2n) is 9.52. The minimum atomic E-state index is -0.313. The van der Waals surface area contributed by atoms with Crippen LogP contribution in [0.3, 0.4) is 0 Å². The first-order valence-electron chi connectivity index (χ1n) is 12.9. The van der Waals surface area contributed by atoms with Gasteiger partial charge in [0.05, 0.1) is 18.9 Å². The summed E-state index contributed by atoms with van der Waals surface area (Å²) in [6, 6.07) is 16.4. The summed E-state index contributed by atoms with van der Waals surface area (Å²) in [5.74, 6) is 0.323. The maximum atomic E-state index is 13.1. The lowest BCUT2D eigenvalue weighted by Gasteiger charge is -2.40. The molecule has 2 saturated heterocycles. The van der Waals surface area contributed by atoms with Crippen LogP contribution in [0.25, 0.3) is 22.6 Å². The van der Waals surface area contributed by atoms with Crippen LogP contribution in [0.2, 0.25) is 5.02 Å². The number of morpholine rings is 1. The highest BCUT2D eigenvalue weighted by atomic mass is 35.5. The van der Waals surface area contributed by atoms with E-state index in [0.717, 1.165) is 50.5 Å². The number of aromatic nitrogens is 3. The van der Waals surface area contributed by atoms with Crippen LogP contribution in [-0.4, -0.2) is 71.2 Å². The van der Waals surface area contributed by atoms with E-state index in [1.165, 1.54) is 29.9 Å². The van der Waals surface area contributed by atoms with Crippen molar-refractivity contribution in [2.45, 2.75) is 18.9 Å². The zero-order valence-corrected chi connectivity index (χ0v) is 22.5. The number of thiazole rings is 1. The molecule has 0 radical (unpaired) electrons. The lowest BCUT2D eigenvalue weighted by molar-refractivity contribution is 0.0115. The molecular formula is C28H29ClN6O2S. The van der Waals surface area contributed by atoms with Crippen molar-refractivity contribution in [3.05, 3.63) is 70.8 Å². The van der Waals surface area contributed by atoms with Gasteiger partial charge in [0.1, 0.15) is 5.82 Å². The van der Waals surface area contributed by atoms with Crippen molar-refractivity contribution in [1.29, 1.82) is 0 Å². The molecule has 2 fully saturated rings. The summed E-state index contributed by atoms with van der Waals surface area (Å²) in [5.41, 5.74) is 3.91. The quantitative estimate of drug-likeness (QED) is 0.335. The third-order valence-corrected chi connectivity index (χ3v) is 8.18. The number of carbonyl (C=O) groups excluding carboxylic acids is 1. The molecule has 2 aromatic heterocycles. The molecule has 196 valence electrons. The summed E-state index contributed by atoms with van der Waals surface area (Å²) >= 11 is 7.46. The predicted molar refractivity (Wildman–Crippen MR) is 152 cm³/mol. The number of rotatable bonds is 6. The van der Waals surface area contributed by atoms with Gasteiger partial charge in [-0.15, -0.1) is 11.3 Å². The van der Waals surface area contributed by atoms with Crippen molar-refractivity contribution in [2.24, 2.45) is 0 Å². The minimum absolute atomic E-state index is 0.312. The van der Waals surface area contributed by atoms with Gasteiger partial charge in [-0.05, 0) is 49.2 Å². The van der Waals surface area contributed by atoms with Crippen molar-refractivity contribution in [2.75, 3.05) is 49.6 Å². The van der Waals surface area contributed by atoms with Crippen molar-refractivity contribution in [3.8, 4) is 22.6 Å². The van der Waals surface area contributed by atoms with Crippen LogP contribution in [0.15, 0.2) is 60.1 Å². The highest BCUT2D eigenvalue weighted by Gasteiger charge is 2.26. The summed E-state index contributed by atoms with van der Waals surface area (Å²) < 4.78 is 5.51. The molecule has 0 bridgehead atoms. The number of halogens is 1. The monoisotopic (exact) mass is 548 g/mol. The van der Waals surface area contributed by atoms with Crippen LogP contribution in [0.5, 0.6) is 0 Å². The van der Waals surface area contributed by atoms with Crippen molar-refractivity contribution >= 4 is 39.7 Å². The Morgan fingerprint density at radius 1 is 1.00 bits per heavy atom. The maximum Gasteiger partial charge on any atom is 0.278 e. The van der Waals surface area contributed by atoms with Crippen molar-refractivity contribution in [3.63, 3.8) is 0 Å². The van der Waals surface area contributed by atoms with Crippen LogP contribution >= 0.6 is 22.9 Å². The Morgan fingerprint density at radius 2 is 1.71 bits per heavy atom. The Hall–Kier alpha value is -3.24. The summed E-state index contributed by atoms with van der Waals surface area (Å²) in [6.07, 6.45) is 3.99. The van der Waals surface area contributed by atoms with Crippen molar-refractivity contribution in [1.82, 2.24) is 19.9 Å². The van der Waals surface area contributed by atoms with Gasteiger partial charge in [-0.2, -0.15) is 0 Å². The predicted octanol–water partition coefficient (Wildman–Crippen LogP) is 5.41. The molecule has 0 atom stereocenters. The van der Waals surface area contributed by atoms with E-state index in [-0.39, 0.29) is 5.91 Å². The van der Waals surface area contributed by atoms with E-state index in [1.54, 1.807) is 18.3 Å². The topological polar surface area (TPSA) is 86.4 Å². The van der Waals surface area contributed by atoms with Gasteiger partial charge < -0.3 is 14.6 Å². The summed E-state index contributed by atoms with van der Waals surface area (Å²) in [6.45, 7) is 5.88. The smallest absolute Gasteiger partial charge is 0.278 e. The number of aromatic amines is 1. The molecule has 4 aromatic rings. The first-order chi connectivity index (χ1) is 18.6. The van der Waals surface area contributed by atoms with E-state index in [2.05, 4.69) is 49.4 Å². The molecule has 6 rings (SSSR count).